The van der Waals surface area contributed by atoms with Gasteiger partial charge in [0, 0.05) is 10.5 Å². The van der Waals surface area contributed by atoms with Gasteiger partial charge in [-0.05, 0) is 61.4 Å². The molecule has 1 aromatic carbocycles. The molecule has 1 unspecified atom stereocenters. The van der Waals surface area contributed by atoms with Crippen LogP contribution in [0.3, 0.4) is 0 Å². The molecule has 0 bridgehead atoms. The number of fused-ring (bicyclic) bond motifs is 1. The maximum atomic E-state index is 3.74. The predicted octanol–water partition coefficient (Wildman–Crippen LogP) is 3.75. The van der Waals surface area contributed by atoms with Gasteiger partial charge in [-0.15, -0.1) is 0 Å². The molecule has 0 radical (unpaired) electrons. The van der Waals surface area contributed by atoms with Gasteiger partial charge in [-0.1, -0.05) is 28.4 Å². The summed E-state index contributed by atoms with van der Waals surface area (Å²) in [5, 5.41) is 3.63. The van der Waals surface area contributed by atoms with Gasteiger partial charge in [0.25, 0.3) is 0 Å². The van der Waals surface area contributed by atoms with E-state index in [4.69, 9.17) is 0 Å². The van der Waals surface area contributed by atoms with Crippen LogP contribution in [0.2, 0.25) is 0 Å². The second kappa shape index (κ2) is 4.50. The fourth-order valence-electron chi connectivity index (χ4n) is 3.01. The minimum absolute atomic E-state index is 0.593. The zero-order chi connectivity index (χ0) is 11.0. The van der Waals surface area contributed by atoms with E-state index in [0.29, 0.717) is 6.04 Å². The second-order valence-corrected chi connectivity index (χ2v) is 5.85. The average molecular weight is 280 g/mol. The molecule has 1 heterocycles. The van der Waals surface area contributed by atoms with Crippen LogP contribution in [0.1, 0.15) is 48.4 Å². The van der Waals surface area contributed by atoms with Crippen LogP contribution in [0.4, 0.5) is 0 Å². The van der Waals surface area contributed by atoms with Crippen molar-refractivity contribution >= 4 is 15.9 Å². The highest BCUT2D eigenvalue weighted by Crippen LogP contribution is 2.34. The summed E-state index contributed by atoms with van der Waals surface area (Å²) in [6.07, 6.45) is 7.86. The largest absolute Gasteiger partial charge is 0.310 e. The molecule has 0 spiro atoms. The van der Waals surface area contributed by atoms with Gasteiger partial charge in [0.1, 0.15) is 0 Å². The Labute approximate surface area is 106 Å². The summed E-state index contributed by atoms with van der Waals surface area (Å²) >= 11 is 3.74. The van der Waals surface area contributed by atoms with Gasteiger partial charge in [0.15, 0.2) is 0 Å². The third-order valence-electron chi connectivity index (χ3n) is 3.90. The summed E-state index contributed by atoms with van der Waals surface area (Å²) in [5.74, 6) is 0. The van der Waals surface area contributed by atoms with Crippen LogP contribution in [-0.4, -0.2) is 6.54 Å². The lowest BCUT2D eigenvalue weighted by Gasteiger charge is -2.24. The summed E-state index contributed by atoms with van der Waals surface area (Å²) in [5.41, 5.74) is 4.63. The van der Waals surface area contributed by atoms with Crippen LogP contribution in [0.5, 0.6) is 0 Å². The van der Waals surface area contributed by atoms with Gasteiger partial charge in [0.2, 0.25) is 0 Å². The van der Waals surface area contributed by atoms with E-state index >= 15 is 0 Å². The maximum Gasteiger partial charge on any atom is 0.0320 e. The fourth-order valence-corrected chi connectivity index (χ4v) is 3.73. The quantitative estimate of drug-likeness (QED) is 0.826. The Morgan fingerprint density at radius 1 is 1.12 bits per heavy atom. The molecule has 1 aliphatic carbocycles. The summed E-state index contributed by atoms with van der Waals surface area (Å²) < 4.78 is 1.34. The van der Waals surface area contributed by atoms with E-state index in [9.17, 15) is 0 Å². The molecule has 1 N–H and O–H groups in total. The third-order valence-corrected chi connectivity index (χ3v) is 4.60. The Morgan fingerprint density at radius 2 is 2.06 bits per heavy atom. The van der Waals surface area contributed by atoms with Crippen molar-refractivity contribution < 1.29 is 0 Å². The van der Waals surface area contributed by atoms with Gasteiger partial charge in [0.05, 0.1) is 0 Å². The highest BCUT2D eigenvalue weighted by atomic mass is 79.9. The Bertz CT molecular complexity index is 394. The number of aryl methyl sites for hydroxylation is 1. The van der Waals surface area contributed by atoms with E-state index in [2.05, 4.69) is 33.4 Å². The number of nitrogens with one attached hydrogen (secondary N) is 1. The molecule has 0 amide bonds. The molecule has 1 fully saturated rings. The van der Waals surface area contributed by atoms with Crippen LogP contribution >= 0.6 is 15.9 Å². The number of hydrogen-bond acceptors (Lipinski definition) is 1. The molecule has 1 nitrogen and oxygen atoms in total. The first-order chi connectivity index (χ1) is 7.84. The van der Waals surface area contributed by atoms with E-state index in [1.807, 2.05) is 0 Å². The molecule has 2 heteroatoms. The van der Waals surface area contributed by atoms with Crippen LogP contribution in [-0.2, 0) is 12.8 Å². The zero-order valence-electron chi connectivity index (χ0n) is 9.56. The highest BCUT2D eigenvalue weighted by molar-refractivity contribution is 9.10. The van der Waals surface area contributed by atoms with Crippen LogP contribution < -0.4 is 5.32 Å². The molecule has 1 saturated heterocycles. The van der Waals surface area contributed by atoms with E-state index in [0.717, 1.165) is 0 Å². The van der Waals surface area contributed by atoms with E-state index in [1.54, 1.807) is 11.1 Å². The molecule has 16 heavy (non-hydrogen) atoms. The first kappa shape index (κ1) is 10.8. The summed E-state index contributed by atoms with van der Waals surface area (Å²) in [6, 6.07) is 5.37. The lowest BCUT2D eigenvalue weighted by molar-refractivity contribution is 0.412. The molecule has 1 aliphatic heterocycles. The van der Waals surface area contributed by atoms with Crippen molar-refractivity contribution in [3.05, 3.63) is 33.3 Å². The minimum Gasteiger partial charge on any atom is -0.310 e. The fraction of sp³-hybridized carbons (Fsp3) is 0.571. The molecule has 0 saturated carbocycles. The second-order valence-electron chi connectivity index (χ2n) is 5.00. The SMILES string of the molecule is Brc1cc(C2CCCCN2)cc2c1CCC2. The molecule has 86 valence electrons. The molecule has 2 aliphatic rings. The average Bonchev–Trinajstić information content (AvgIpc) is 2.79. The van der Waals surface area contributed by atoms with Gasteiger partial charge >= 0.3 is 0 Å². The number of piperidine rings is 1. The number of halogens is 1. The Balaban J connectivity index is 1.92. The summed E-state index contributed by atoms with van der Waals surface area (Å²) in [4.78, 5) is 0. The van der Waals surface area contributed by atoms with Crippen molar-refractivity contribution in [3.8, 4) is 0 Å². The van der Waals surface area contributed by atoms with Crippen molar-refractivity contribution in [3.63, 3.8) is 0 Å². The molecular weight excluding hydrogens is 262 g/mol. The monoisotopic (exact) mass is 279 g/mol. The molecule has 1 aromatic rings. The van der Waals surface area contributed by atoms with Gasteiger partial charge in [-0.25, -0.2) is 0 Å². The normalized spacial score (nSPS) is 24.4. The summed E-state index contributed by atoms with van der Waals surface area (Å²) in [6.45, 7) is 1.18. The lowest BCUT2D eigenvalue weighted by atomic mass is 9.95. The van der Waals surface area contributed by atoms with Gasteiger partial charge in [-0.3, -0.25) is 0 Å². The van der Waals surface area contributed by atoms with Crippen molar-refractivity contribution in [2.45, 2.75) is 44.6 Å². The maximum absolute atomic E-state index is 3.74. The van der Waals surface area contributed by atoms with Crippen molar-refractivity contribution in [2.24, 2.45) is 0 Å². The van der Waals surface area contributed by atoms with Crippen molar-refractivity contribution in [2.75, 3.05) is 6.54 Å². The molecule has 1 atom stereocenters. The van der Waals surface area contributed by atoms with Gasteiger partial charge < -0.3 is 5.32 Å². The first-order valence-electron chi connectivity index (χ1n) is 6.39. The number of hydrogen-bond donors (Lipinski definition) is 1. The lowest BCUT2D eigenvalue weighted by Crippen LogP contribution is -2.26. The van der Waals surface area contributed by atoms with Crippen molar-refractivity contribution in [1.29, 1.82) is 0 Å². The smallest absolute Gasteiger partial charge is 0.0320 e. The van der Waals surface area contributed by atoms with Crippen LogP contribution in [0.25, 0.3) is 0 Å². The number of benzene rings is 1. The van der Waals surface area contributed by atoms with Crippen molar-refractivity contribution in [1.82, 2.24) is 5.32 Å². The van der Waals surface area contributed by atoms with E-state index in [1.165, 1.54) is 55.1 Å². The molecule has 0 aromatic heterocycles. The van der Waals surface area contributed by atoms with Crippen LogP contribution in [0, 0.1) is 0 Å². The summed E-state index contributed by atoms with van der Waals surface area (Å²) in [7, 11) is 0. The topological polar surface area (TPSA) is 12.0 Å². The highest BCUT2D eigenvalue weighted by Gasteiger charge is 2.20. The minimum atomic E-state index is 0.593. The van der Waals surface area contributed by atoms with Crippen LogP contribution in [0.15, 0.2) is 16.6 Å². The Kier molecular flexibility index (Phi) is 3.03. The molecule has 3 rings (SSSR count). The Hall–Kier alpha value is -0.340. The molecular formula is C14H18BrN. The first-order valence-corrected chi connectivity index (χ1v) is 7.18. The third kappa shape index (κ3) is 1.93. The standard InChI is InChI=1S/C14H18BrN/c15-13-9-11(14-6-1-2-7-16-14)8-10-4-3-5-12(10)13/h8-9,14,16H,1-7H2. The van der Waals surface area contributed by atoms with E-state index in [-0.39, 0.29) is 0 Å². The van der Waals surface area contributed by atoms with E-state index < -0.39 is 0 Å². The predicted molar refractivity (Wildman–Crippen MR) is 70.8 cm³/mol. The Morgan fingerprint density at radius 3 is 2.88 bits per heavy atom. The zero-order valence-corrected chi connectivity index (χ0v) is 11.1. The van der Waals surface area contributed by atoms with Gasteiger partial charge in [-0.2, -0.15) is 0 Å². The number of rotatable bonds is 1.